The minimum absolute atomic E-state index is 0.00835. The summed E-state index contributed by atoms with van der Waals surface area (Å²) in [6.45, 7) is 5.86. The molecule has 2 aromatic rings. The summed E-state index contributed by atoms with van der Waals surface area (Å²) in [5.74, 6) is 0.798. The van der Waals surface area contributed by atoms with Gasteiger partial charge in [0, 0.05) is 0 Å². The Balaban J connectivity index is 2.12. The zero-order chi connectivity index (χ0) is 16.2. The topological polar surface area (TPSA) is 38.3 Å². The first-order chi connectivity index (χ1) is 10.4. The van der Waals surface area contributed by atoms with Gasteiger partial charge in [0.25, 0.3) is 0 Å². The summed E-state index contributed by atoms with van der Waals surface area (Å²) in [5.41, 5.74) is 1.46. The van der Waals surface area contributed by atoms with E-state index in [1.165, 1.54) is 0 Å². The third kappa shape index (κ3) is 3.48. The Morgan fingerprint density at radius 1 is 1.05 bits per heavy atom. The number of methoxy groups -OCH3 is 1. The number of rotatable bonds is 5. The third-order valence-corrected chi connectivity index (χ3v) is 4.03. The van der Waals surface area contributed by atoms with Crippen LogP contribution in [0.1, 0.15) is 37.9 Å². The molecule has 0 aromatic heterocycles. The van der Waals surface area contributed by atoms with Crippen molar-refractivity contribution < 1.29 is 9.53 Å². The van der Waals surface area contributed by atoms with E-state index in [-0.39, 0.29) is 11.9 Å². The molecular formula is C19H23NO2. The van der Waals surface area contributed by atoms with Gasteiger partial charge < -0.3 is 10.1 Å². The smallest absolute Gasteiger partial charge is 0.230 e. The number of amides is 1. The molecule has 0 saturated carbocycles. The van der Waals surface area contributed by atoms with Crippen LogP contribution < -0.4 is 10.1 Å². The number of carbonyl (C=O) groups is 1. The van der Waals surface area contributed by atoms with E-state index in [0.29, 0.717) is 0 Å². The fourth-order valence-electron chi connectivity index (χ4n) is 2.34. The highest BCUT2D eigenvalue weighted by atomic mass is 16.5. The summed E-state index contributed by atoms with van der Waals surface area (Å²) in [6, 6.07) is 17.6. The molecule has 0 saturated heterocycles. The van der Waals surface area contributed by atoms with Crippen LogP contribution in [-0.4, -0.2) is 13.0 Å². The number of hydrogen-bond acceptors (Lipinski definition) is 2. The second-order valence-corrected chi connectivity index (χ2v) is 5.96. The molecule has 1 amide bonds. The molecule has 116 valence electrons. The molecule has 0 aliphatic rings. The summed E-state index contributed by atoms with van der Waals surface area (Å²) in [7, 11) is 1.63. The van der Waals surface area contributed by atoms with Gasteiger partial charge in [0.1, 0.15) is 5.75 Å². The quantitative estimate of drug-likeness (QED) is 0.910. The lowest BCUT2D eigenvalue weighted by Gasteiger charge is -2.27. The number of carbonyl (C=O) groups excluding carboxylic acids is 1. The summed E-state index contributed by atoms with van der Waals surface area (Å²) in [4.78, 5) is 12.7. The van der Waals surface area contributed by atoms with Gasteiger partial charge in [-0.1, -0.05) is 42.5 Å². The van der Waals surface area contributed by atoms with Crippen molar-refractivity contribution in [2.75, 3.05) is 7.11 Å². The Morgan fingerprint density at radius 2 is 1.64 bits per heavy atom. The predicted octanol–water partition coefficient (Wildman–Crippen LogP) is 3.85. The van der Waals surface area contributed by atoms with Crippen LogP contribution in [0.2, 0.25) is 0 Å². The average Bonchev–Trinajstić information content (AvgIpc) is 2.55. The van der Waals surface area contributed by atoms with Gasteiger partial charge in [-0.25, -0.2) is 0 Å². The zero-order valence-corrected chi connectivity index (χ0v) is 13.6. The van der Waals surface area contributed by atoms with Gasteiger partial charge in [0.05, 0.1) is 18.6 Å². The molecule has 0 bridgehead atoms. The lowest BCUT2D eigenvalue weighted by atomic mass is 9.83. The lowest BCUT2D eigenvalue weighted by Crippen LogP contribution is -2.41. The summed E-state index contributed by atoms with van der Waals surface area (Å²) >= 11 is 0. The Hall–Kier alpha value is -2.29. The maximum Gasteiger partial charge on any atom is 0.230 e. The highest BCUT2D eigenvalue weighted by Crippen LogP contribution is 2.26. The van der Waals surface area contributed by atoms with E-state index in [1.807, 2.05) is 75.4 Å². The molecule has 22 heavy (non-hydrogen) atoms. The van der Waals surface area contributed by atoms with E-state index in [4.69, 9.17) is 4.74 Å². The second kappa shape index (κ2) is 6.65. The fourth-order valence-corrected chi connectivity index (χ4v) is 2.34. The van der Waals surface area contributed by atoms with E-state index in [2.05, 4.69) is 5.32 Å². The minimum atomic E-state index is -0.602. The fraction of sp³-hybridized carbons (Fsp3) is 0.316. The summed E-state index contributed by atoms with van der Waals surface area (Å²) in [6.07, 6.45) is 0. The molecule has 1 atom stereocenters. The molecule has 2 aromatic carbocycles. The molecule has 0 aliphatic carbocycles. The van der Waals surface area contributed by atoms with Crippen molar-refractivity contribution in [1.29, 1.82) is 0 Å². The first-order valence-corrected chi connectivity index (χ1v) is 7.45. The van der Waals surface area contributed by atoms with E-state index >= 15 is 0 Å². The van der Waals surface area contributed by atoms with Crippen molar-refractivity contribution in [3.05, 3.63) is 65.7 Å². The SMILES string of the molecule is COc1ccc(C(C)(C)C(=O)NC(C)c2ccccc2)cc1. The Labute approximate surface area is 132 Å². The molecule has 2 rings (SSSR count). The number of benzene rings is 2. The van der Waals surface area contributed by atoms with Gasteiger partial charge in [0.2, 0.25) is 5.91 Å². The highest BCUT2D eigenvalue weighted by Gasteiger charge is 2.30. The standard InChI is InChI=1S/C19H23NO2/c1-14(15-8-6-5-7-9-15)20-18(21)19(2,3)16-10-12-17(22-4)13-11-16/h5-14H,1-4H3,(H,20,21). The molecule has 0 heterocycles. The van der Waals surface area contributed by atoms with Crippen molar-refractivity contribution in [3.63, 3.8) is 0 Å². The van der Waals surface area contributed by atoms with Gasteiger partial charge in [-0.2, -0.15) is 0 Å². The Kier molecular flexibility index (Phi) is 4.86. The van der Waals surface area contributed by atoms with Crippen LogP contribution in [0.15, 0.2) is 54.6 Å². The first kappa shape index (κ1) is 16.1. The van der Waals surface area contributed by atoms with E-state index in [0.717, 1.165) is 16.9 Å². The minimum Gasteiger partial charge on any atom is -0.497 e. The molecule has 0 radical (unpaired) electrons. The van der Waals surface area contributed by atoms with Crippen molar-refractivity contribution in [3.8, 4) is 5.75 Å². The van der Waals surface area contributed by atoms with Crippen LogP contribution in [-0.2, 0) is 10.2 Å². The predicted molar refractivity (Wildman–Crippen MR) is 89.0 cm³/mol. The maximum absolute atomic E-state index is 12.7. The van der Waals surface area contributed by atoms with Crippen LogP contribution in [0.3, 0.4) is 0 Å². The Morgan fingerprint density at radius 3 is 2.18 bits per heavy atom. The van der Waals surface area contributed by atoms with Crippen LogP contribution in [0.5, 0.6) is 5.75 Å². The molecule has 1 N–H and O–H groups in total. The molecule has 0 aliphatic heterocycles. The van der Waals surface area contributed by atoms with Crippen LogP contribution in [0.4, 0.5) is 0 Å². The molecule has 3 heteroatoms. The lowest BCUT2D eigenvalue weighted by molar-refractivity contribution is -0.126. The van der Waals surface area contributed by atoms with Gasteiger partial charge in [0.15, 0.2) is 0 Å². The van der Waals surface area contributed by atoms with Crippen LogP contribution >= 0.6 is 0 Å². The normalized spacial score (nSPS) is 12.5. The van der Waals surface area contributed by atoms with Crippen molar-refractivity contribution in [2.45, 2.75) is 32.2 Å². The summed E-state index contributed by atoms with van der Waals surface area (Å²) in [5, 5.41) is 3.09. The highest BCUT2D eigenvalue weighted by molar-refractivity contribution is 5.87. The molecule has 1 unspecified atom stereocenters. The first-order valence-electron chi connectivity index (χ1n) is 7.45. The zero-order valence-electron chi connectivity index (χ0n) is 13.6. The monoisotopic (exact) mass is 297 g/mol. The average molecular weight is 297 g/mol. The third-order valence-electron chi connectivity index (χ3n) is 4.03. The number of nitrogens with one attached hydrogen (secondary N) is 1. The second-order valence-electron chi connectivity index (χ2n) is 5.96. The van der Waals surface area contributed by atoms with E-state index < -0.39 is 5.41 Å². The van der Waals surface area contributed by atoms with Gasteiger partial charge >= 0.3 is 0 Å². The number of ether oxygens (including phenoxy) is 1. The largest absolute Gasteiger partial charge is 0.497 e. The van der Waals surface area contributed by atoms with Gasteiger partial charge in [-0.15, -0.1) is 0 Å². The molecule has 0 fully saturated rings. The van der Waals surface area contributed by atoms with Crippen LogP contribution in [0, 0.1) is 0 Å². The molecule has 3 nitrogen and oxygen atoms in total. The van der Waals surface area contributed by atoms with Crippen molar-refractivity contribution in [2.24, 2.45) is 0 Å². The molecular weight excluding hydrogens is 274 g/mol. The van der Waals surface area contributed by atoms with Crippen molar-refractivity contribution >= 4 is 5.91 Å². The Bertz CT molecular complexity index is 618. The van der Waals surface area contributed by atoms with E-state index in [1.54, 1.807) is 7.11 Å². The summed E-state index contributed by atoms with van der Waals surface area (Å²) < 4.78 is 5.16. The van der Waals surface area contributed by atoms with Gasteiger partial charge in [-0.3, -0.25) is 4.79 Å². The molecule has 0 spiro atoms. The van der Waals surface area contributed by atoms with Crippen molar-refractivity contribution in [1.82, 2.24) is 5.32 Å². The maximum atomic E-state index is 12.7. The van der Waals surface area contributed by atoms with Gasteiger partial charge in [-0.05, 0) is 44.0 Å². The van der Waals surface area contributed by atoms with E-state index in [9.17, 15) is 4.79 Å². The van der Waals surface area contributed by atoms with Crippen LogP contribution in [0.25, 0.3) is 0 Å². The number of hydrogen-bond donors (Lipinski definition) is 1.